The molecule has 3 heterocycles. The molecule has 0 spiro atoms. The minimum absolute atomic E-state index is 0.0175. The maximum Gasteiger partial charge on any atom is 0.238 e. The number of imidazole rings is 1. The number of para-hydroxylation sites is 1. The van der Waals surface area contributed by atoms with E-state index in [1.54, 1.807) is 41.0 Å². The van der Waals surface area contributed by atoms with E-state index in [0.29, 0.717) is 35.4 Å². The molecule has 1 N–H and O–H groups in total. The Bertz CT molecular complexity index is 1340. The van der Waals surface area contributed by atoms with Crippen molar-refractivity contribution in [3.63, 3.8) is 0 Å². The molecule has 0 aliphatic rings. The largest absolute Gasteiger partial charge is 0.760 e. The average molecular weight is 487 g/mol. The summed E-state index contributed by atoms with van der Waals surface area (Å²) >= 11 is -2.61. The van der Waals surface area contributed by atoms with Crippen molar-refractivity contribution in [1.82, 2.24) is 29.2 Å². The minimum Gasteiger partial charge on any atom is -0.760 e. The fourth-order valence-corrected chi connectivity index (χ4v) is 3.60. The molecule has 178 valence electrons. The lowest BCUT2D eigenvalue weighted by Gasteiger charge is -2.16. The SMILES string of the molecule is CCOc1cccc(-c2nc3nc(F)c(CNS(=O)[O-])nc3n2-c2c(OC)cccc2OC)n1. The van der Waals surface area contributed by atoms with Gasteiger partial charge in [-0.3, -0.25) is 8.78 Å². The van der Waals surface area contributed by atoms with Crippen LogP contribution in [0.1, 0.15) is 12.6 Å². The number of benzene rings is 1. The zero-order chi connectivity index (χ0) is 24.2. The quantitative estimate of drug-likeness (QED) is 0.353. The van der Waals surface area contributed by atoms with Crippen LogP contribution in [0.3, 0.4) is 0 Å². The van der Waals surface area contributed by atoms with Gasteiger partial charge in [0.05, 0.1) is 27.4 Å². The molecular weight excluding hydrogens is 467 g/mol. The summed E-state index contributed by atoms with van der Waals surface area (Å²) in [5.74, 6) is 0.543. The molecule has 13 heteroatoms. The van der Waals surface area contributed by atoms with Gasteiger partial charge in [-0.1, -0.05) is 12.1 Å². The predicted molar refractivity (Wildman–Crippen MR) is 120 cm³/mol. The Hall–Kier alpha value is -3.68. The smallest absolute Gasteiger partial charge is 0.238 e. The van der Waals surface area contributed by atoms with Crippen molar-refractivity contribution in [3.05, 3.63) is 48.0 Å². The first-order valence-electron chi connectivity index (χ1n) is 10.1. The van der Waals surface area contributed by atoms with Gasteiger partial charge in [0.1, 0.15) is 28.6 Å². The predicted octanol–water partition coefficient (Wildman–Crippen LogP) is 2.32. The molecule has 0 aliphatic carbocycles. The Labute approximate surface area is 196 Å². The molecule has 34 heavy (non-hydrogen) atoms. The minimum atomic E-state index is -2.61. The summed E-state index contributed by atoms with van der Waals surface area (Å²) in [6, 6.07) is 10.3. The van der Waals surface area contributed by atoms with Gasteiger partial charge in [-0.25, -0.2) is 19.7 Å². The molecular formula is C21H20FN6O5S-. The van der Waals surface area contributed by atoms with Gasteiger partial charge in [0, 0.05) is 17.3 Å². The summed E-state index contributed by atoms with van der Waals surface area (Å²) < 4.78 is 56.8. The molecule has 1 aromatic carbocycles. The summed E-state index contributed by atoms with van der Waals surface area (Å²) in [6.45, 7) is 1.86. The number of methoxy groups -OCH3 is 2. The fourth-order valence-electron chi connectivity index (χ4n) is 3.35. The normalized spacial score (nSPS) is 12.0. The highest BCUT2D eigenvalue weighted by molar-refractivity contribution is 7.77. The van der Waals surface area contributed by atoms with Crippen molar-refractivity contribution < 1.29 is 27.4 Å². The molecule has 0 radical (unpaired) electrons. The van der Waals surface area contributed by atoms with Crippen LogP contribution in [0, 0.1) is 5.95 Å². The van der Waals surface area contributed by atoms with Crippen molar-refractivity contribution in [3.8, 4) is 34.6 Å². The van der Waals surface area contributed by atoms with Crippen molar-refractivity contribution >= 4 is 22.6 Å². The van der Waals surface area contributed by atoms with Crippen LogP contribution in [0.25, 0.3) is 28.5 Å². The Balaban J connectivity index is 2.05. The lowest BCUT2D eigenvalue weighted by Crippen LogP contribution is -2.18. The summed E-state index contributed by atoms with van der Waals surface area (Å²) in [7, 11) is 2.99. The van der Waals surface area contributed by atoms with Crippen LogP contribution in [0.5, 0.6) is 17.4 Å². The number of fused-ring (bicyclic) bond motifs is 1. The molecule has 4 rings (SSSR count). The topological polar surface area (TPSA) is 136 Å². The fraction of sp³-hybridized carbons (Fsp3) is 0.238. The second kappa shape index (κ2) is 10.1. The summed E-state index contributed by atoms with van der Waals surface area (Å²) in [6.07, 6.45) is 0. The number of halogens is 1. The van der Waals surface area contributed by atoms with E-state index in [-0.39, 0.29) is 22.8 Å². The second-order valence-corrected chi connectivity index (χ2v) is 7.50. The number of ether oxygens (including phenoxy) is 3. The molecule has 4 aromatic rings. The molecule has 3 aromatic heterocycles. The van der Waals surface area contributed by atoms with Crippen LogP contribution in [-0.2, 0) is 17.8 Å². The first-order chi connectivity index (χ1) is 16.5. The van der Waals surface area contributed by atoms with Crippen molar-refractivity contribution in [2.75, 3.05) is 20.8 Å². The van der Waals surface area contributed by atoms with Gasteiger partial charge in [0.2, 0.25) is 17.5 Å². The third-order valence-corrected chi connectivity index (χ3v) is 5.13. The lowest BCUT2D eigenvalue weighted by atomic mass is 10.2. The molecule has 0 aliphatic heterocycles. The van der Waals surface area contributed by atoms with Crippen LogP contribution >= 0.6 is 0 Å². The molecule has 0 bridgehead atoms. The van der Waals surface area contributed by atoms with E-state index >= 15 is 0 Å². The third-order valence-electron chi connectivity index (χ3n) is 4.75. The highest BCUT2D eigenvalue weighted by Crippen LogP contribution is 2.37. The molecule has 1 unspecified atom stereocenters. The van der Waals surface area contributed by atoms with E-state index in [0.717, 1.165) is 0 Å². The van der Waals surface area contributed by atoms with Crippen molar-refractivity contribution in [1.29, 1.82) is 0 Å². The summed E-state index contributed by atoms with van der Waals surface area (Å²) in [5.41, 5.74) is 0.752. The number of pyridine rings is 1. The Morgan fingerprint density at radius 2 is 1.76 bits per heavy atom. The highest BCUT2D eigenvalue weighted by Gasteiger charge is 2.25. The molecule has 11 nitrogen and oxygen atoms in total. The van der Waals surface area contributed by atoms with E-state index < -0.39 is 23.8 Å². The van der Waals surface area contributed by atoms with E-state index in [4.69, 9.17) is 14.2 Å². The Kier molecular flexibility index (Phi) is 6.95. The molecule has 0 saturated carbocycles. The molecule has 1 atom stereocenters. The van der Waals surface area contributed by atoms with Crippen LogP contribution < -0.4 is 18.9 Å². The first kappa shape index (κ1) is 23.5. The molecule has 0 saturated heterocycles. The summed E-state index contributed by atoms with van der Waals surface area (Å²) in [5, 5.41) is 0. The number of nitrogens with one attached hydrogen (secondary N) is 1. The average Bonchev–Trinajstić information content (AvgIpc) is 3.19. The van der Waals surface area contributed by atoms with E-state index in [1.165, 1.54) is 14.2 Å². The third kappa shape index (κ3) is 4.53. The number of rotatable bonds is 9. The van der Waals surface area contributed by atoms with Crippen LogP contribution in [0.2, 0.25) is 0 Å². The van der Waals surface area contributed by atoms with Crippen molar-refractivity contribution in [2.24, 2.45) is 0 Å². The first-order valence-corrected chi connectivity index (χ1v) is 11.1. The van der Waals surface area contributed by atoms with Gasteiger partial charge in [-0.2, -0.15) is 9.37 Å². The monoisotopic (exact) mass is 487 g/mol. The van der Waals surface area contributed by atoms with E-state index in [1.807, 2.05) is 6.92 Å². The Morgan fingerprint density at radius 3 is 2.41 bits per heavy atom. The van der Waals surface area contributed by atoms with Crippen LogP contribution in [-0.4, -0.2) is 54.1 Å². The number of hydrogen-bond donors (Lipinski definition) is 1. The van der Waals surface area contributed by atoms with Gasteiger partial charge in [-0.05, 0) is 25.1 Å². The lowest BCUT2D eigenvalue weighted by molar-refractivity contribution is 0.327. The van der Waals surface area contributed by atoms with Gasteiger partial charge in [0.25, 0.3) is 0 Å². The van der Waals surface area contributed by atoms with Crippen LogP contribution in [0.4, 0.5) is 4.39 Å². The maximum absolute atomic E-state index is 14.6. The standard InChI is InChI=1S/C21H21FN6O5S/c1-4-33-16-10-5-7-12(24-16)20-27-19-21(25-13(18(22)26-19)11-23-34(29)30)28(20)17-14(31-2)8-6-9-15(17)32-3/h5-10,23H,4,11H2,1-3H3,(H,29,30)/p-1. The Morgan fingerprint density at radius 1 is 1.06 bits per heavy atom. The number of nitrogens with zero attached hydrogens (tertiary/aromatic N) is 5. The van der Waals surface area contributed by atoms with E-state index in [9.17, 15) is 13.2 Å². The van der Waals surface area contributed by atoms with Crippen molar-refractivity contribution in [2.45, 2.75) is 13.5 Å². The zero-order valence-corrected chi connectivity index (χ0v) is 19.3. The van der Waals surface area contributed by atoms with Gasteiger partial charge in [0.15, 0.2) is 11.5 Å². The molecule has 0 fully saturated rings. The van der Waals surface area contributed by atoms with E-state index in [2.05, 4.69) is 24.7 Å². The number of hydrogen-bond acceptors (Lipinski definition) is 9. The van der Waals surface area contributed by atoms with Gasteiger partial charge >= 0.3 is 0 Å². The summed E-state index contributed by atoms with van der Waals surface area (Å²) in [4.78, 5) is 17.2. The maximum atomic E-state index is 14.6. The number of aromatic nitrogens is 5. The van der Waals surface area contributed by atoms with Gasteiger partial charge < -0.3 is 18.8 Å². The molecule has 0 amide bonds. The second-order valence-electron chi connectivity index (χ2n) is 6.74. The van der Waals surface area contributed by atoms with Crippen LogP contribution in [0.15, 0.2) is 36.4 Å². The zero-order valence-electron chi connectivity index (χ0n) is 18.4. The van der Waals surface area contributed by atoms with Gasteiger partial charge in [-0.15, -0.1) is 0 Å². The highest BCUT2D eigenvalue weighted by atomic mass is 32.2.